The Hall–Kier alpha value is -1.06. The van der Waals surface area contributed by atoms with Gasteiger partial charge in [0.1, 0.15) is 5.71 Å². The number of carboxylic acids is 1. The van der Waals surface area contributed by atoms with E-state index in [0.29, 0.717) is 21.3 Å². The molecule has 0 saturated carbocycles. The topological polar surface area (TPSA) is 49.7 Å². The Kier molecular flexibility index (Phi) is 2.48. The van der Waals surface area contributed by atoms with Crippen molar-refractivity contribution in [2.75, 3.05) is 0 Å². The molecule has 0 aliphatic carbocycles. The third-order valence-electron chi connectivity index (χ3n) is 2.72. The van der Waals surface area contributed by atoms with Crippen molar-refractivity contribution in [3.8, 4) is 0 Å². The van der Waals surface area contributed by atoms with Gasteiger partial charge in [0, 0.05) is 11.0 Å². The Bertz CT molecular complexity index is 521. The molecule has 1 aliphatic rings. The lowest BCUT2D eigenvalue weighted by atomic mass is 9.81. The van der Waals surface area contributed by atoms with Crippen LogP contribution in [0.15, 0.2) is 17.1 Å². The minimum absolute atomic E-state index is 0.0895. The maximum atomic E-state index is 11.1. The molecule has 0 bridgehead atoms. The van der Waals surface area contributed by atoms with Crippen molar-refractivity contribution in [2.24, 2.45) is 4.99 Å². The van der Waals surface area contributed by atoms with Crippen molar-refractivity contribution < 1.29 is 9.90 Å². The van der Waals surface area contributed by atoms with E-state index in [1.54, 1.807) is 26.0 Å². The van der Waals surface area contributed by atoms with Gasteiger partial charge in [-0.05, 0) is 26.0 Å². The molecular formula is C11H9Cl2NO2. The number of benzene rings is 1. The number of nitrogens with zero attached hydrogens (tertiary/aromatic N) is 1. The number of aliphatic carboxylic acids is 1. The van der Waals surface area contributed by atoms with E-state index in [2.05, 4.69) is 4.99 Å². The molecule has 0 aromatic heterocycles. The van der Waals surface area contributed by atoms with E-state index < -0.39 is 11.4 Å². The second-order valence-corrected chi connectivity index (χ2v) is 4.93. The van der Waals surface area contributed by atoms with Crippen molar-refractivity contribution >= 4 is 40.6 Å². The van der Waals surface area contributed by atoms with Crippen LogP contribution >= 0.6 is 23.2 Å². The molecular weight excluding hydrogens is 249 g/mol. The van der Waals surface area contributed by atoms with Gasteiger partial charge in [0.25, 0.3) is 0 Å². The molecule has 1 heterocycles. The molecule has 0 spiro atoms. The smallest absolute Gasteiger partial charge is 0.351 e. The first-order valence-corrected chi connectivity index (χ1v) is 5.42. The molecule has 3 nitrogen and oxygen atoms in total. The Morgan fingerprint density at radius 1 is 1.38 bits per heavy atom. The van der Waals surface area contributed by atoms with Crippen LogP contribution in [0.4, 0.5) is 5.69 Å². The van der Waals surface area contributed by atoms with Crippen LogP contribution in [0.3, 0.4) is 0 Å². The maximum Gasteiger partial charge on any atom is 0.351 e. The standard InChI is InChI=1S/C11H9Cl2NO2/c1-11(2)7-6(14-9(11)10(15)16)4-3-5(12)8(7)13/h3-4H,1-2H3,(H,15,16). The van der Waals surface area contributed by atoms with Crippen LogP contribution in [0, 0.1) is 0 Å². The van der Waals surface area contributed by atoms with Gasteiger partial charge in [0.05, 0.1) is 15.7 Å². The molecule has 0 radical (unpaired) electrons. The van der Waals surface area contributed by atoms with Crippen LogP contribution in [-0.2, 0) is 10.2 Å². The third kappa shape index (κ3) is 1.43. The molecule has 2 rings (SSSR count). The fraction of sp³-hybridized carbons (Fsp3) is 0.273. The van der Waals surface area contributed by atoms with Gasteiger partial charge in [-0.1, -0.05) is 23.2 Å². The lowest BCUT2D eigenvalue weighted by Crippen LogP contribution is -2.32. The number of hydrogen-bond acceptors (Lipinski definition) is 2. The molecule has 5 heteroatoms. The second kappa shape index (κ2) is 3.47. The van der Waals surface area contributed by atoms with Gasteiger partial charge >= 0.3 is 5.97 Å². The van der Waals surface area contributed by atoms with Gasteiger partial charge in [-0.15, -0.1) is 0 Å². The summed E-state index contributed by atoms with van der Waals surface area (Å²) in [6, 6.07) is 3.30. The van der Waals surface area contributed by atoms with Crippen molar-refractivity contribution in [3.05, 3.63) is 27.7 Å². The Morgan fingerprint density at radius 3 is 2.56 bits per heavy atom. The van der Waals surface area contributed by atoms with Crippen LogP contribution in [0.2, 0.25) is 10.0 Å². The highest BCUT2D eigenvalue weighted by Gasteiger charge is 2.41. The molecule has 0 amide bonds. The zero-order valence-corrected chi connectivity index (χ0v) is 10.2. The summed E-state index contributed by atoms with van der Waals surface area (Å²) in [7, 11) is 0. The minimum Gasteiger partial charge on any atom is -0.477 e. The van der Waals surface area contributed by atoms with Gasteiger partial charge in [0.2, 0.25) is 0 Å². The summed E-state index contributed by atoms with van der Waals surface area (Å²) in [6.07, 6.45) is 0. The van der Waals surface area contributed by atoms with Crippen LogP contribution < -0.4 is 0 Å². The summed E-state index contributed by atoms with van der Waals surface area (Å²) >= 11 is 12.0. The average molecular weight is 258 g/mol. The summed E-state index contributed by atoms with van der Waals surface area (Å²) in [5.74, 6) is -1.03. The Labute approximate surface area is 103 Å². The van der Waals surface area contributed by atoms with Crippen LogP contribution in [-0.4, -0.2) is 16.8 Å². The first kappa shape index (κ1) is 11.4. The lowest BCUT2D eigenvalue weighted by Gasteiger charge is -2.21. The third-order valence-corrected chi connectivity index (χ3v) is 3.53. The van der Waals surface area contributed by atoms with Gasteiger partial charge in [0.15, 0.2) is 0 Å². The van der Waals surface area contributed by atoms with Crippen LogP contribution in [0.1, 0.15) is 19.4 Å². The molecule has 1 aromatic rings. The summed E-state index contributed by atoms with van der Waals surface area (Å²) in [6.45, 7) is 3.54. The van der Waals surface area contributed by atoms with Crippen molar-refractivity contribution in [3.63, 3.8) is 0 Å². The molecule has 0 unspecified atom stereocenters. The number of rotatable bonds is 1. The Balaban J connectivity index is 2.71. The molecule has 0 atom stereocenters. The number of fused-ring (bicyclic) bond motifs is 1. The van der Waals surface area contributed by atoms with Crippen molar-refractivity contribution in [1.82, 2.24) is 0 Å². The SMILES string of the molecule is CC1(C)C(C(=O)O)=Nc2ccc(Cl)c(Cl)c21. The van der Waals surface area contributed by atoms with Crippen molar-refractivity contribution in [1.29, 1.82) is 0 Å². The fourth-order valence-corrected chi connectivity index (χ4v) is 2.48. The Morgan fingerprint density at radius 2 is 2.00 bits per heavy atom. The quantitative estimate of drug-likeness (QED) is 0.838. The largest absolute Gasteiger partial charge is 0.477 e. The van der Waals surface area contributed by atoms with Crippen LogP contribution in [0.25, 0.3) is 0 Å². The first-order chi connectivity index (χ1) is 7.35. The number of aliphatic imine (C=N–C) groups is 1. The monoisotopic (exact) mass is 257 g/mol. The number of halogens is 2. The number of carboxylic acid groups (broad SMARTS) is 1. The van der Waals surface area contributed by atoms with E-state index >= 15 is 0 Å². The maximum absolute atomic E-state index is 11.1. The van der Waals surface area contributed by atoms with Gasteiger partial charge in [-0.3, -0.25) is 0 Å². The molecule has 84 valence electrons. The lowest BCUT2D eigenvalue weighted by molar-refractivity contribution is -0.129. The summed E-state index contributed by atoms with van der Waals surface area (Å²) in [5.41, 5.74) is 0.630. The highest BCUT2D eigenvalue weighted by molar-refractivity contribution is 6.45. The van der Waals surface area contributed by atoms with E-state index in [-0.39, 0.29) is 5.71 Å². The van der Waals surface area contributed by atoms with Gasteiger partial charge in [-0.2, -0.15) is 0 Å². The molecule has 0 fully saturated rings. The predicted molar refractivity (Wildman–Crippen MR) is 64.2 cm³/mol. The second-order valence-electron chi connectivity index (χ2n) is 4.15. The molecule has 16 heavy (non-hydrogen) atoms. The summed E-state index contributed by atoms with van der Waals surface area (Å²) in [4.78, 5) is 15.2. The van der Waals surface area contributed by atoms with E-state index in [4.69, 9.17) is 28.3 Å². The predicted octanol–water partition coefficient (Wildman–Crippen LogP) is 3.44. The molecule has 1 aromatic carbocycles. The van der Waals surface area contributed by atoms with E-state index in [9.17, 15) is 4.79 Å². The first-order valence-electron chi connectivity index (χ1n) is 4.66. The minimum atomic E-state index is -1.03. The molecule has 1 N–H and O–H groups in total. The molecule has 1 aliphatic heterocycles. The average Bonchev–Trinajstić information content (AvgIpc) is 2.44. The van der Waals surface area contributed by atoms with E-state index in [1.807, 2.05) is 0 Å². The van der Waals surface area contributed by atoms with Gasteiger partial charge in [-0.25, -0.2) is 9.79 Å². The summed E-state index contributed by atoms with van der Waals surface area (Å²) < 4.78 is 0. The van der Waals surface area contributed by atoms with Crippen LogP contribution in [0.5, 0.6) is 0 Å². The van der Waals surface area contributed by atoms with Gasteiger partial charge < -0.3 is 5.11 Å². The fourth-order valence-electron chi connectivity index (χ4n) is 1.92. The summed E-state index contributed by atoms with van der Waals surface area (Å²) in [5, 5.41) is 9.87. The van der Waals surface area contributed by atoms with E-state index in [1.165, 1.54) is 0 Å². The molecule has 0 saturated heterocycles. The zero-order chi connectivity index (χ0) is 12.1. The zero-order valence-electron chi connectivity index (χ0n) is 8.71. The van der Waals surface area contributed by atoms with Crippen molar-refractivity contribution in [2.45, 2.75) is 19.3 Å². The highest BCUT2D eigenvalue weighted by Crippen LogP contribution is 2.46. The normalized spacial score (nSPS) is 16.9. The van der Waals surface area contributed by atoms with E-state index in [0.717, 1.165) is 0 Å². The highest BCUT2D eigenvalue weighted by atomic mass is 35.5. The number of carbonyl (C=O) groups is 1. The number of hydrogen-bond donors (Lipinski definition) is 1.